The van der Waals surface area contributed by atoms with Crippen molar-refractivity contribution in [2.24, 2.45) is 11.8 Å². The molecule has 0 aromatic heterocycles. The van der Waals surface area contributed by atoms with Gasteiger partial charge in [-0.05, 0) is 48.6 Å². The zero-order chi connectivity index (χ0) is 17.2. The van der Waals surface area contributed by atoms with Crippen molar-refractivity contribution in [1.29, 1.82) is 0 Å². The number of rotatable bonds is 1. The van der Waals surface area contributed by atoms with E-state index in [2.05, 4.69) is 4.72 Å². The Morgan fingerprint density at radius 2 is 1.67 bits per heavy atom. The van der Waals surface area contributed by atoms with Gasteiger partial charge in [0.2, 0.25) is 0 Å². The van der Waals surface area contributed by atoms with Crippen LogP contribution in [0.15, 0.2) is 24.3 Å². The van der Waals surface area contributed by atoms with Crippen molar-refractivity contribution < 1.29 is 21.6 Å². The van der Waals surface area contributed by atoms with E-state index >= 15 is 0 Å². The van der Waals surface area contributed by atoms with Crippen LogP contribution < -0.4 is 4.72 Å². The van der Waals surface area contributed by atoms with Gasteiger partial charge < -0.3 is 0 Å². The maximum atomic E-state index is 12.8. The largest absolute Gasteiger partial charge is 0.402 e. The smallest absolute Gasteiger partial charge is 0.195 e. The van der Waals surface area contributed by atoms with Gasteiger partial charge in [0.05, 0.1) is 5.54 Å². The summed E-state index contributed by atoms with van der Waals surface area (Å²) in [5, 5.41) is 0. The van der Waals surface area contributed by atoms with Crippen LogP contribution in [0.4, 0.5) is 13.2 Å². The summed E-state index contributed by atoms with van der Waals surface area (Å²) in [6.45, 7) is -1.51. The third-order valence-electron chi connectivity index (χ3n) is 5.82. The lowest BCUT2D eigenvalue weighted by molar-refractivity contribution is -0.136. The lowest BCUT2D eigenvalue weighted by Crippen LogP contribution is -2.52. The molecule has 8 heteroatoms. The number of nitrogens with one attached hydrogen (secondary N) is 1. The normalized spacial score (nSPS) is 35.1. The number of hydrogen-bond donors (Lipinski definition) is 1. The molecule has 2 unspecified atom stereocenters. The number of alkyl halides is 3. The first-order chi connectivity index (χ1) is 11.2. The second-order valence-corrected chi connectivity index (χ2v) is 8.85. The molecule has 2 aliphatic carbocycles. The molecular weight excluding hydrogens is 341 g/mol. The molecule has 1 aromatic rings. The molecular formula is C16H19F3N2O2S. The maximum absolute atomic E-state index is 12.8. The highest BCUT2D eigenvalue weighted by molar-refractivity contribution is 7.87. The molecule has 24 heavy (non-hydrogen) atoms. The molecule has 132 valence electrons. The van der Waals surface area contributed by atoms with E-state index in [1.54, 1.807) is 0 Å². The summed E-state index contributed by atoms with van der Waals surface area (Å²) in [5.74, 6) is 0.0818. The Labute approximate surface area is 139 Å². The van der Waals surface area contributed by atoms with Crippen LogP contribution in [0.25, 0.3) is 0 Å². The average molecular weight is 360 g/mol. The molecule has 1 aliphatic heterocycles. The first kappa shape index (κ1) is 16.4. The number of halogens is 3. The van der Waals surface area contributed by atoms with Crippen molar-refractivity contribution in [3.05, 3.63) is 35.4 Å². The predicted octanol–water partition coefficient (Wildman–Crippen LogP) is 2.26. The fourth-order valence-corrected chi connectivity index (χ4v) is 6.49. The predicted molar refractivity (Wildman–Crippen MR) is 82.5 cm³/mol. The average Bonchev–Trinajstić information content (AvgIpc) is 2.83. The molecule has 0 amide bonds. The summed E-state index contributed by atoms with van der Waals surface area (Å²) in [7, 11) is -4.09. The Bertz CT molecular complexity index is 730. The zero-order valence-corrected chi connectivity index (χ0v) is 13.8. The minimum absolute atomic E-state index is 0.0409. The maximum Gasteiger partial charge on any atom is 0.402 e. The fraction of sp³-hybridized carbons (Fsp3) is 0.625. The van der Waals surface area contributed by atoms with E-state index < -0.39 is 28.5 Å². The third kappa shape index (κ3) is 2.55. The van der Waals surface area contributed by atoms with Crippen molar-refractivity contribution in [3.8, 4) is 0 Å². The van der Waals surface area contributed by atoms with Gasteiger partial charge in [0, 0.05) is 6.54 Å². The molecule has 4 rings (SSSR count). The summed E-state index contributed by atoms with van der Waals surface area (Å²) in [4.78, 5) is 0. The molecule has 1 N–H and O–H groups in total. The Morgan fingerprint density at radius 1 is 1.12 bits per heavy atom. The molecule has 1 saturated heterocycles. The molecule has 0 radical (unpaired) electrons. The standard InChI is InChI=1S/C16H19F3N2O2S/c17-16(18,19)10-21-9-15(20-24(21,22)23)13-5-6-14(15)8-12-4-2-1-3-11(12)7-13/h1-4,13-14,20H,5-10H2. The highest BCUT2D eigenvalue weighted by Gasteiger charge is 2.60. The number of fused-ring (bicyclic) bond motifs is 1. The van der Waals surface area contributed by atoms with Gasteiger partial charge in [0.15, 0.2) is 0 Å². The van der Waals surface area contributed by atoms with Crippen molar-refractivity contribution >= 4 is 10.2 Å². The van der Waals surface area contributed by atoms with Gasteiger partial charge in [-0.2, -0.15) is 30.6 Å². The minimum atomic E-state index is -4.53. The molecule has 1 aromatic carbocycles. The van der Waals surface area contributed by atoms with E-state index in [1.165, 1.54) is 11.1 Å². The zero-order valence-electron chi connectivity index (χ0n) is 13.0. The summed E-state index contributed by atoms with van der Waals surface area (Å²) in [5.41, 5.74) is 1.61. The Morgan fingerprint density at radius 3 is 2.17 bits per heavy atom. The second kappa shape index (κ2) is 5.19. The second-order valence-electron chi connectivity index (χ2n) is 7.18. The summed E-state index contributed by atoms with van der Waals surface area (Å²) >= 11 is 0. The van der Waals surface area contributed by atoms with Crippen LogP contribution in [0.5, 0.6) is 0 Å². The van der Waals surface area contributed by atoms with Crippen molar-refractivity contribution in [2.45, 2.75) is 37.4 Å². The number of benzene rings is 1. The van der Waals surface area contributed by atoms with Gasteiger partial charge in [-0.3, -0.25) is 0 Å². The first-order valence-electron chi connectivity index (χ1n) is 8.12. The molecule has 1 saturated carbocycles. The molecule has 3 aliphatic rings. The van der Waals surface area contributed by atoms with E-state index in [0.717, 1.165) is 25.7 Å². The first-order valence-corrected chi connectivity index (χ1v) is 9.56. The highest BCUT2D eigenvalue weighted by atomic mass is 32.2. The van der Waals surface area contributed by atoms with Crippen LogP contribution in [0.1, 0.15) is 24.0 Å². The SMILES string of the molecule is O=S1(=O)NC2(CN1CC(F)(F)F)C1CCC2Cc2ccccc2C1. The van der Waals surface area contributed by atoms with E-state index in [9.17, 15) is 21.6 Å². The van der Waals surface area contributed by atoms with Gasteiger partial charge in [-0.25, -0.2) is 0 Å². The molecule has 4 nitrogen and oxygen atoms in total. The lowest BCUT2D eigenvalue weighted by atomic mass is 9.79. The Balaban J connectivity index is 1.70. The number of hydrogen-bond acceptors (Lipinski definition) is 2. The topological polar surface area (TPSA) is 49.4 Å². The van der Waals surface area contributed by atoms with Gasteiger partial charge in [-0.1, -0.05) is 24.3 Å². The van der Waals surface area contributed by atoms with Crippen LogP contribution in [0.2, 0.25) is 0 Å². The van der Waals surface area contributed by atoms with Crippen molar-refractivity contribution in [2.75, 3.05) is 13.1 Å². The van der Waals surface area contributed by atoms with Crippen LogP contribution in [-0.4, -0.2) is 37.5 Å². The van der Waals surface area contributed by atoms with Crippen LogP contribution >= 0.6 is 0 Å². The Kier molecular flexibility index (Phi) is 3.54. The molecule has 1 heterocycles. The fourth-order valence-electron chi connectivity index (χ4n) is 4.79. The van der Waals surface area contributed by atoms with Crippen molar-refractivity contribution in [1.82, 2.24) is 9.03 Å². The third-order valence-corrected chi connectivity index (χ3v) is 7.40. The summed E-state index contributed by atoms with van der Waals surface area (Å²) in [6.07, 6.45) is -1.40. The van der Waals surface area contributed by atoms with E-state index in [1.807, 2.05) is 24.3 Å². The van der Waals surface area contributed by atoms with Crippen LogP contribution in [0, 0.1) is 11.8 Å². The molecule has 1 spiro atoms. The lowest BCUT2D eigenvalue weighted by Gasteiger charge is -2.33. The highest BCUT2D eigenvalue weighted by Crippen LogP contribution is 2.50. The van der Waals surface area contributed by atoms with Gasteiger partial charge in [0.1, 0.15) is 6.54 Å². The van der Waals surface area contributed by atoms with Crippen LogP contribution in [-0.2, 0) is 23.1 Å². The monoisotopic (exact) mass is 360 g/mol. The number of nitrogens with zero attached hydrogens (tertiary/aromatic N) is 1. The van der Waals surface area contributed by atoms with Crippen LogP contribution in [0.3, 0.4) is 0 Å². The molecule has 2 bridgehead atoms. The molecule has 2 fully saturated rings. The van der Waals surface area contributed by atoms with Gasteiger partial charge in [-0.15, -0.1) is 0 Å². The van der Waals surface area contributed by atoms with E-state index in [0.29, 0.717) is 4.31 Å². The van der Waals surface area contributed by atoms with Gasteiger partial charge >= 0.3 is 6.18 Å². The summed E-state index contributed by atoms with van der Waals surface area (Å²) in [6, 6.07) is 8.00. The van der Waals surface area contributed by atoms with E-state index in [4.69, 9.17) is 0 Å². The van der Waals surface area contributed by atoms with Gasteiger partial charge in [0.25, 0.3) is 10.2 Å². The molecule has 2 atom stereocenters. The van der Waals surface area contributed by atoms with E-state index in [-0.39, 0.29) is 18.4 Å². The Hall–Kier alpha value is -1.12. The minimum Gasteiger partial charge on any atom is -0.195 e. The van der Waals surface area contributed by atoms with Crippen molar-refractivity contribution in [3.63, 3.8) is 0 Å². The summed E-state index contributed by atoms with van der Waals surface area (Å²) < 4.78 is 66.2. The quantitative estimate of drug-likeness (QED) is 0.835.